The molecule has 0 spiro atoms. The van der Waals surface area contributed by atoms with Crippen molar-refractivity contribution in [2.75, 3.05) is 42.9 Å². The van der Waals surface area contributed by atoms with E-state index in [9.17, 15) is 10.1 Å². The number of thiophene rings is 1. The van der Waals surface area contributed by atoms with Crippen LogP contribution in [0.3, 0.4) is 0 Å². The second-order valence-corrected chi connectivity index (χ2v) is 9.31. The summed E-state index contributed by atoms with van der Waals surface area (Å²) >= 11 is 7.74. The molecular weight excluding hydrogens is 404 g/mol. The molecule has 0 saturated carbocycles. The number of carbonyl (C=O) groups is 1. The lowest BCUT2D eigenvalue weighted by Crippen LogP contribution is -2.48. The molecule has 2 heterocycles. The maximum atomic E-state index is 12.6. The Hall–Kier alpha value is -2.07. The number of hydrogen-bond donors (Lipinski definition) is 1. The predicted molar refractivity (Wildman–Crippen MR) is 119 cm³/mol. The average molecular weight is 429 g/mol. The predicted octanol–water partition coefficient (Wildman–Crippen LogP) is 4.22. The van der Waals surface area contributed by atoms with Crippen LogP contribution in [0.4, 0.5) is 10.7 Å². The molecule has 1 aromatic carbocycles. The van der Waals surface area contributed by atoms with Gasteiger partial charge in [0.25, 0.3) is 0 Å². The van der Waals surface area contributed by atoms with Gasteiger partial charge in [-0.3, -0.25) is 9.69 Å². The number of piperazine rings is 1. The van der Waals surface area contributed by atoms with E-state index in [4.69, 9.17) is 11.6 Å². The summed E-state index contributed by atoms with van der Waals surface area (Å²) in [5.41, 5.74) is 4.22. The first-order chi connectivity index (χ1) is 14.0. The number of anilines is 2. The number of nitrogens with one attached hydrogen (secondary N) is 1. The van der Waals surface area contributed by atoms with E-state index in [1.54, 1.807) is 11.3 Å². The second-order valence-electron chi connectivity index (χ2n) is 7.77. The van der Waals surface area contributed by atoms with Crippen molar-refractivity contribution in [3.63, 3.8) is 0 Å². The van der Waals surface area contributed by atoms with E-state index in [0.717, 1.165) is 61.0 Å². The van der Waals surface area contributed by atoms with Gasteiger partial charge >= 0.3 is 0 Å². The molecule has 0 radical (unpaired) electrons. The minimum atomic E-state index is -0.0347. The number of fused-ring (bicyclic) bond motifs is 1. The highest BCUT2D eigenvalue weighted by molar-refractivity contribution is 7.16. The number of halogens is 1. The van der Waals surface area contributed by atoms with Crippen LogP contribution < -0.4 is 10.2 Å². The zero-order valence-corrected chi connectivity index (χ0v) is 18.2. The quantitative estimate of drug-likeness (QED) is 0.791. The fourth-order valence-corrected chi connectivity index (χ4v) is 5.63. The minimum Gasteiger partial charge on any atom is -0.369 e. The van der Waals surface area contributed by atoms with Crippen LogP contribution in [0.5, 0.6) is 0 Å². The summed E-state index contributed by atoms with van der Waals surface area (Å²) in [6.07, 6.45) is 4.27. The van der Waals surface area contributed by atoms with Gasteiger partial charge in [0.2, 0.25) is 5.91 Å². The van der Waals surface area contributed by atoms with Gasteiger partial charge in [-0.2, -0.15) is 5.26 Å². The Morgan fingerprint density at radius 3 is 2.76 bits per heavy atom. The number of rotatable bonds is 4. The molecule has 2 aromatic rings. The third-order valence-corrected chi connectivity index (χ3v) is 7.23. The zero-order chi connectivity index (χ0) is 20.4. The lowest BCUT2D eigenvalue weighted by molar-refractivity contribution is -0.117. The van der Waals surface area contributed by atoms with E-state index in [0.29, 0.717) is 12.1 Å². The molecule has 152 valence electrons. The first-order valence-corrected chi connectivity index (χ1v) is 11.3. The molecule has 0 unspecified atom stereocenters. The van der Waals surface area contributed by atoms with Crippen molar-refractivity contribution in [1.82, 2.24) is 4.90 Å². The summed E-state index contributed by atoms with van der Waals surface area (Å²) in [6.45, 7) is 5.84. The van der Waals surface area contributed by atoms with E-state index >= 15 is 0 Å². The number of amides is 1. The van der Waals surface area contributed by atoms with Crippen LogP contribution in [0.1, 0.15) is 34.4 Å². The monoisotopic (exact) mass is 428 g/mol. The van der Waals surface area contributed by atoms with E-state index in [-0.39, 0.29) is 5.91 Å². The molecule has 5 nitrogen and oxygen atoms in total. The summed E-state index contributed by atoms with van der Waals surface area (Å²) in [5, 5.41) is 14.1. The van der Waals surface area contributed by atoms with Crippen LogP contribution in [0.15, 0.2) is 18.2 Å². The lowest BCUT2D eigenvalue weighted by Gasteiger charge is -2.36. The Balaban J connectivity index is 1.34. The SMILES string of the molecule is Cc1ccc(Cl)cc1N1CCN(CC(=O)Nc2sc3c(c2C#N)CCCC3)CC1. The normalized spacial score (nSPS) is 16.9. The van der Waals surface area contributed by atoms with Crippen molar-refractivity contribution in [2.24, 2.45) is 0 Å². The second kappa shape index (κ2) is 8.74. The summed E-state index contributed by atoms with van der Waals surface area (Å²) in [5.74, 6) is -0.0347. The van der Waals surface area contributed by atoms with E-state index in [2.05, 4.69) is 28.1 Å². The molecule has 1 aromatic heterocycles. The average Bonchev–Trinajstić information content (AvgIpc) is 3.07. The van der Waals surface area contributed by atoms with Crippen molar-refractivity contribution in [2.45, 2.75) is 32.6 Å². The third kappa shape index (κ3) is 4.42. The molecule has 1 aliphatic carbocycles. The molecule has 4 rings (SSSR count). The van der Waals surface area contributed by atoms with E-state index < -0.39 is 0 Å². The molecule has 0 bridgehead atoms. The summed E-state index contributed by atoms with van der Waals surface area (Å²) < 4.78 is 0. The maximum Gasteiger partial charge on any atom is 0.239 e. The zero-order valence-electron chi connectivity index (χ0n) is 16.6. The molecular formula is C22H25ClN4OS. The highest BCUT2D eigenvalue weighted by Gasteiger charge is 2.24. The van der Waals surface area contributed by atoms with Crippen molar-refractivity contribution >= 4 is 39.5 Å². The minimum absolute atomic E-state index is 0.0347. The molecule has 1 saturated heterocycles. The number of benzene rings is 1. The highest BCUT2D eigenvalue weighted by Crippen LogP contribution is 2.37. The standard InChI is InChI=1S/C22H25ClN4OS/c1-15-6-7-16(23)12-19(15)27-10-8-26(9-11-27)14-21(28)25-22-18(13-24)17-4-2-3-5-20(17)29-22/h6-7,12H,2-5,8-11,14H2,1H3,(H,25,28). The number of hydrogen-bond acceptors (Lipinski definition) is 5. The van der Waals surface area contributed by atoms with Gasteiger partial charge in [-0.25, -0.2) is 0 Å². The van der Waals surface area contributed by atoms with Gasteiger partial charge in [0, 0.05) is 41.8 Å². The Bertz CT molecular complexity index is 956. The van der Waals surface area contributed by atoms with Gasteiger partial charge in [-0.15, -0.1) is 11.3 Å². The van der Waals surface area contributed by atoms with Crippen LogP contribution in [0, 0.1) is 18.3 Å². The van der Waals surface area contributed by atoms with Gasteiger partial charge in [-0.05, 0) is 55.9 Å². The van der Waals surface area contributed by atoms with Crippen molar-refractivity contribution in [3.8, 4) is 6.07 Å². The highest BCUT2D eigenvalue weighted by atomic mass is 35.5. The van der Waals surface area contributed by atoms with Crippen LogP contribution in [0.2, 0.25) is 5.02 Å². The van der Waals surface area contributed by atoms with Crippen LogP contribution in [0.25, 0.3) is 0 Å². The largest absolute Gasteiger partial charge is 0.369 e. The first-order valence-electron chi connectivity index (χ1n) is 10.1. The number of nitriles is 1. The molecule has 29 heavy (non-hydrogen) atoms. The van der Waals surface area contributed by atoms with Gasteiger partial charge in [0.05, 0.1) is 12.1 Å². The lowest BCUT2D eigenvalue weighted by atomic mass is 9.96. The Morgan fingerprint density at radius 2 is 2.00 bits per heavy atom. The van der Waals surface area contributed by atoms with Crippen LogP contribution in [-0.4, -0.2) is 43.5 Å². The van der Waals surface area contributed by atoms with Crippen molar-refractivity contribution < 1.29 is 4.79 Å². The molecule has 1 amide bonds. The first kappa shape index (κ1) is 20.2. The van der Waals surface area contributed by atoms with E-state index in [1.807, 2.05) is 18.2 Å². The summed E-state index contributed by atoms with van der Waals surface area (Å²) in [4.78, 5) is 18.4. The van der Waals surface area contributed by atoms with Gasteiger partial charge < -0.3 is 10.2 Å². The Kier molecular flexibility index (Phi) is 6.09. The van der Waals surface area contributed by atoms with Crippen molar-refractivity contribution in [1.29, 1.82) is 5.26 Å². The van der Waals surface area contributed by atoms with Crippen molar-refractivity contribution in [3.05, 3.63) is 44.8 Å². The summed E-state index contributed by atoms with van der Waals surface area (Å²) in [7, 11) is 0. The molecule has 1 fully saturated rings. The molecule has 1 N–H and O–H groups in total. The smallest absolute Gasteiger partial charge is 0.239 e. The molecule has 1 aliphatic heterocycles. The van der Waals surface area contributed by atoms with Gasteiger partial charge in [0.15, 0.2) is 0 Å². The molecule has 2 aliphatic rings. The number of aryl methyl sites for hydroxylation is 2. The number of nitrogens with zero attached hydrogens (tertiary/aromatic N) is 3. The van der Waals surface area contributed by atoms with Crippen LogP contribution >= 0.6 is 22.9 Å². The third-order valence-electron chi connectivity index (χ3n) is 5.79. The van der Waals surface area contributed by atoms with Crippen LogP contribution in [-0.2, 0) is 17.6 Å². The Morgan fingerprint density at radius 1 is 1.24 bits per heavy atom. The van der Waals surface area contributed by atoms with E-state index in [1.165, 1.54) is 22.5 Å². The summed E-state index contributed by atoms with van der Waals surface area (Å²) in [6, 6.07) is 8.29. The number of carbonyl (C=O) groups excluding carboxylic acids is 1. The Labute approximate surface area is 180 Å². The fraction of sp³-hybridized carbons (Fsp3) is 0.455. The van der Waals surface area contributed by atoms with Gasteiger partial charge in [0.1, 0.15) is 11.1 Å². The topological polar surface area (TPSA) is 59.4 Å². The molecule has 0 atom stereocenters. The fourth-order valence-electron chi connectivity index (χ4n) is 4.21. The molecule has 7 heteroatoms. The maximum absolute atomic E-state index is 12.6. The van der Waals surface area contributed by atoms with Gasteiger partial charge in [-0.1, -0.05) is 17.7 Å².